The van der Waals surface area contributed by atoms with Gasteiger partial charge in [-0.25, -0.2) is 8.78 Å². The van der Waals surface area contributed by atoms with Gasteiger partial charge in [-0.1, -0.05) is 0 Å². The number of alkyl halides is 1. The van der Waals surface area contributed by atoms with E-state index in [0.29, 0.717) is 6.07 Å². The van der Waals surface area contributed by atoms with Gasteiger partial charge in [-0.05, 0) is 19.1 Å². The number of rotatable bonds is 4. The van der Waals surface area contributed by atoms with Crippen LogP contribution in [0.1, 0.15) is 6.92 Å². The first-order valence-corrected chi connectivity index (χ1v) is 4.78. The molecule has 0 fully saturated rings. The van der Waals surface area contributed by atoms with E-state index in [2.05, 4.69) is 0 Å². The third-order valence-electron chi connectivity index (χ3n) is 1.78. The zero-order chi connectivity index (χ0) is 11.4. The van der Waals surface area contributed by atoms with Crippen molar-refractivity contribution in [2.45, 2.75) is 13.0 Å². The number of ether oxygens (including phenoxy) is 1. The summed E-state index contributed by atoms with van der Waals surface area (Å²) in [6, 6.07) is 2.87. The normalized spacial score (nSPS) is 12.3. The predicted molar refractivity (Wildman–Crippen MR) is 52.2 cm³/mol. The minimum atomic E-state index is -0.845. The van der Waals surface area contributed by atoms with Crippen molar-refractivity contribution in [2.75, 3.05) is 5.88 Å². The summed E-state index contributed by atoms with van der Waals surface area (Å²) >= 11 is 5.29. The van der Waals surface area contributed by atoms with Crippen molar-refractivity contribution in [1.29, 1.82) is 0 Å². The number of benzene rings is 1. The number of hydrogen-bond acceptors (Lipinski definition) is 2. The standard InChI is InChI=1S/C10H9ClF2O2/c1-6(9(14)5-11)15-10-3-2-7(12)4-8(10)13/h2-4,6H,5H2,1H3. The van der Waals surface area contributed by atoms with Gasteiger partial charge in [-0.3, -0.25) is 4.79 Å². The highest BCUT2D eigenvalue weighted by Gasteiger charge is 2.15. The molecule has 1 unspecified atom stereocenters. The molecule has 1 atom stereocenters. The lowest BCUT2D eigenvalue weighted by molar-refractivity contribution is -0.122. The molecule has 15 heavy (non-hydrogen) atoms. The number of carbonyl (C=O) groups excluding carboxylic acids is 1. The molecule has 0 aromatic heterocycles. The summed E-state index contributed by atoms with van der Waals surface area (Å²) in [7, 11) is 0. The molecule has 0 N–H and O–H groups in total. The van der Waals surface area contributed by atoms with Crippen LogP contribution in [0.15, 0.2) is 18.2 Å². The zero-order valence-corrected chi connectivity index (χ0v) is 8.72. The first kappa shape index (κ1) is 11.9. The van der Waals surface area contributed by atoms with Crippen molar-refractivity contribution in [3.05, 3.63) is 29.8 Å². The highest BCUT2D eigenvalue weighted by atomic mass is 35.5. The van der Waals surface area contributed by atoms with Gasteiger partial charge in [0.15, 0.2) is 23.5 Å². The van der Waals surface area contributed by atoms with E-state index in [9.17, 15) is 13.6 Å². The minimum absolute atomic E-state index is 0.164. The van der Waals surface area contributed by atoms with Crippen LogP contribution in [0.5, 0.6) is 5.75 Å². The summed E-state index contributed by atoms with van der Waals surface area (Å²) in [6.07, 6.45) is -0.845. The summed E-state index contributed by atoms with van der Waals surface area (Å²) in [5.41, 5.74) is 0. The largest absolute Gasteiger partial charge is 0.480 e. The zero-order valence-electron chi connectivity index (χ0n) is 7.97. The first-order chi connectivity index (χ1) is 7.04. The van der Waals surface area contributed by atoms with Gasteiger partial charge < -0.3 is 4.74 Å². The van der Waals surface area contributed by atoms with Crippen LogP contribution < -0.4 is 4.74 Å². The highest BCUT2D eigenvalue weighted by Crippen LogP contribution is 2.19. The lowest BCUT2D eigenvalue weighted by Gasteiger charge is -2.12. The van der Waals surface area contributed by atoms with E-state index in [4.69, 9.17) is 16.3 Å². The molecule has 1 aromatic carbocycles. The molecule has 0 bridgehead atoms. The van der Waals surface area contributed by atoms with E-state index in [-0.39, 0.29) is 17.4 Å². The van der Waals surface area contributed by atoms with Crippen molar-refractivity contribution >= 4 is 17.4 Å². The van der Waals surface area contributed by atoms with Crippen LogP contribution in [-0.4, -0.2) is 17.8 Å². The Kier molecular flexibility index (Phi) is 4.03. The number of halogens is 3. The van der Waals surface area contributed by atoms with Crippen LogP contribution in [0, 0.1) is 11.6 Å². The second-order valence-electron chi connectivity index (χ2n) is 2.93. The van der Waals surface area contributed by atoms with E-state index in [1.54, 1.807) is 0 Å². The lowest BCUT2D eigenvalue weighted by Crippen LogP contribution is -2.25. The van der Waals surface area contributed by atoms with Crippen LogP contribution >= 0.6 is 11.6 Å². The average molecular weight is 235 g/mol. The van der Waals surface area contributed by atoms with Crippen molar-refractivity contribution in [1.82, 2.24) is 0 Å². The Balaban J connectivity index is 2.76. The van der Waals surface area contributed by atoms with Crippen molar-refractivity contribution in [2.24, 2.45) is 0 Å². The molecule has 5 heteroatoms. The Bertz CT molecular complexity index is 368. The Morgan fingerprint density at radius 2 is 2.20 bits per heavy atom. The maximum atomic E-state index is 13.1. The van der Waals surface area contributed by atoms with Gasteiger partial charge in [0.2, 0.25) is 0 Å². The van der Waals surface area contributed by atoms with Crippen LogP contribution in [0.2, 0.25) is 0 Å². The molecule has 0 amide bonds. The summed E-state index contributed by atoms with van der Waals surface area (Å²) in [5, 5.41) is 0. The third kappa shape index (κ3) is 3.16. The summed E-state index contributed by atoms with van der Waals surface area (Å²) in [4.78, 5) is 11.0. The lowest BCUT2D eigenvalue weighted by atomic mass is 10.2. The average Bonchev–Trinajstić information content (AvgIpc) is 2.20. The van der Waals surface area contributed by atoms with E-state index in [0.717, 1.165) is 12.1 Å². The van der Waals surface area contributed by atoms with E-state index in [1.807, 2.05) is 0 Å². The van der Waals surface area contributed by atoms with E-state index in [1.165, 1.54) is 6.92 Å². The monoisotopic (exact) mass is 234 g/mol. The fourth-order valence-corrected chi connectivity index (χ4v) is 1.15. The van der Waals surface area contributed by atoms with Crippen molar-refractivity contribution in [3.8, 4) is 5.75 Å². The third-order valence-corrected chi connectivity index (χ3v) is 2.05. The molecular weight excluding hydrogens is 226 g/mol. The smallest absolute Gasteiger partial charge is 0.187 e. The first-order valence-electron chi connectivity index (χ1n) is 4.25. The van der Waals surface area contributed by atoms with Gasteiger partial charge in [-0.15, -0.1) is 11.6 Å². The summed E-state index contributed by atoms with van der Waals surface area (Å²) in [5.74, 6) is -2.27. The SMILES string of the molecule is CC(Oc1ccc(F)cc1F)C(=O)CCl. The highest BCUT2D eigenvalue weighted by molar-refractivity contribution is 6.28. The molecule has 0 saturated heterocycles. The number of carbonyl (C=O) groups is 1. The fourth-order valence-electron chi connectivity index (χ4n) is 0.936. The van der Waals surface area contributed by atoms with Gasteiger partial charge in [-0.2, -0.15) is 0 Å². The molecule has 0 heterocycles. The number of ketones is 1. The Morgan fingerprint density at radius 1 is 1.53 bits per heavy atom. The second kappa shape index (κ2) is 5.07. The second-order valence-corrected chi connectivity index (χ2v) is 3.20. The molecule has 2 nitrogen and oxygen atoms in total. The van der Waals surface area contributed by atoms with Crippen LogP contribution in [0.3, 0.4) is 0 Å². The Labute approximate surface area is 90.8 Å². The molecule has 0 aliphatic heterocycles. The van der Waals surface area contributed by atoms with Crippen molar-refractivity contribution in [3.63, 3.8) is 0 Å². The van der Waals surface area contributed by atoms with Gasteiger partial charge in [0.05, 0.1) is 5.88 Å². The fraction of sp³-hybridized carbons (Fsp3) is 0.300. The molecule has 0 saturated carbocycles. The molecule has 0 radical (unpaired) electrons. The van der Waals surface area contributed by atoms with Gasteiger partial charge in [0.1, 0.15) is 5.82 Å². The molecule has 1 rings (SSSR count). The molecule has 0 aliphatic rings. The topological polar surface area (TPSA) is 26.3 Å². The van der Waals surface area contributed by atoms with E-state index >= 15 is 0 Å². The molecule has 1 aromatic rings. The van der Waals surface area contributed by atoms with Gasteiger partial charge in [0, 0.05) is 6.07 Å². The van der Waals surface area contributed by atoms with Gasteiger partial charge in [0.25, 0.3) is 0 Å². The van der Waals surface area contributed by atoms with E-state index < -0.39 is 17.7 Å². The molecule has 0 aliphatic carbocycles. The van der Waals surface area contributed by atoms with Crippen LogP contribution in [0.4, 0.5) is 8.78 Å². The quantitative estimate of drug-likeness (QED) is 0.749. The summed E-state index contributed by atoms with van der Waals surface area (Å²) in [6.45, 7) is 1.45. The van der Waals surface area contributed by atoms with Crippen LogP contribution in [-0.2, 0) is 4.79 Å². The molecular formula is C10H9ClF2O2. The number of hydrogen-bond donors (Lipinski definition) is 0. The van der Waals surface area contributed by atoms with Gasteiger partial charge >= 0.3 is 0 Å². The Hall–Kier alpha value is -1.16. The maximum absolute atomic E-state index is 13.1. The van der Waals surface area contributed by atoms with Crippen molar-refractivity contribution < 1.29 is 18.3 Å². The predicted octanol–water partition coefficient (Wildman–Crippen LogP) is 2.54. The number of Topliss-reactive ketones (excluding diaryl/α,β-unsaturated/α-hetero) is 1. The van der Waals surface area contributed by atoms with Crippen LogP contribution in [0.25, 0.3) is 0 Å². The maximum Gasteiger partial charge on any atom is 0.187 e. The molecule has 0 spiro atoms. The Morgan fingerprint density at radius 3 is 2.73 bits per heavy atom. The molecule has 82 valence electrons. The minimum Gasteiger partial charge on any atom is -0.480 e. The summed E-state index contributed by atoms with van der Waals surface area (Å²) < 4.78 is 30.6.